The Labute approximate surface area is 219 Å². The average molecular weight is 532 g/mol. The number of imidazole rings is 1. The van der Waals surface area contributed by atoms with Gasteiger partial charge in [-0.05, 0) is 31.5 Å². The molecule has 0 saturated carbocycles. The van der Waals surface area contributed by atoms with E-state index in [1.807, 2.05) is 43.8 Å². The van der Waals surface area contributed by atoms with Crippen LogP contribution < -0.4 is 4.74 Å². The molecule has 38 heavy (non-hydrogen) atoms. The highest BCUT2D eigenvalue weighted by Crippen LogP contribution is 2.21. The minimum absolute atomic E-state index is 0.788. The van der Waals surface area contributed by atoms with Crippen LogP contribution in [0.1, 0.15) is 36.3 Å². The van der Waals surface area contributed by atoms with Gasteiger partial charge in [-0.25, -0.2) is 9.78 Å². The molecule has 12 nitrogen and oxygen atoms in total. The van der Waals surface area contributed by atoms with Crippen molar-refractivity contribution in [2.75, 3.05) is 13.7 Å². The maximum atomic E-state index is 10.3. The number of aliphatic carboxylic acids is 3. The summed E-state index contributed by atoms with van der Waals surface area (Å²) in [6.07, 6.45) is 4.44. The minimum atomic E-state index is -2.74. The molecule has 0 aliphatic heterocycles. The van der Waals surface area contributed by atoms with Gasteiger partial charge in [0.05, 0.1) is 32.8 Å². The second-order valence-corrected chi connectivity index (χ2v) is 8.67. The Morgan fingerprint density at radius 2 is 1.74 bits per heavy atom. The Bertz CT molecular complexity index is 1160. The zero-order valence-electron chi connectivity index (χ0n) is 21.3. The van der Waals surface area contributed by atoms with Crippen LogP contribution in [0.5, 0.6) is 5.75 Å². The summed E-state index contributed by atoms with van der Waals surface area (Å²) >= 11 is 0. The van der Waals surface area contributed by atoms with E-state index in [0.717, 1.165) is 49.9 Å². The molecule has 0 amide bonds. The number of hydrogen-bond acceptors (Lipinski definition) is 8. The van der Waals surface area contributed by atoms with Gasteiger partial charge in [-0.2, -0.15) is 0 Å². The Kier molecular flexibility index (Phi) is 11.5. The quantitative estimate of drug-likeness (QED) is 0.240. The summed E-state index contributed by atoms with van der Waals surface area (Å²) < 4.78 is 13.4. The van der Waals surface area contributed by atoms with Crippen LogP contribution in [0.25, 0.3) is 0 Å². The first-order chi connectivity index (χ1) is 18.0. The van der Waals surface area contributed by atoms with Gasteiger partial charge in [0, 0.05) is 37.6 Å². The molecule has 3 aromatic rings. The number of aryl methyl sites for hydroxylation is 2. The number of furan rings is 1. The summed E-state index contributed by atoms with van der Waals surface area (Å²) in [4.78, 5) is 37.0. The van der Waals surface area contributed by atoms with E-state index in [9.17, 15) is 14.4 Å². The molecule has 0 saturated heterocycles. The maximum Gasteiger partial charge on any atom is 0.336 e. The molecule has 0 aliphatic rings. The summed E-state index contributed by atoms with van der Waals surface area (Å²) in [6, 6.07) is 12.3. The number of nitrogens with zero attached hydrogens (tertiary/aromatic N) is 3. The van der Waals surface area contributed by atoms with Crippen LogP contribution in [0.3, 0.4) is 0 Å². The molecular weight excluding hydrogens is 498 g/mol. The number of carboxylic acid groups (broad SMARTS) is 3. The van der Waals surface area contributed by atoms with Gasteiger partial charge in [0.2, 0.25) is 0 Å². The van der Waals surface area contributed by atoms with Gasteiger partial charge in [-0.1, -0.05) is 18.2 Å². The summed E-state index contributed by atoms with van der Waals surface area (Å²) in [5, 5.41) is 33.8. The second-order valence-electron chi connectivity index (χ2n) is 8.67. The third-order valence-electron chi connectivity index (χ3n) is 5.50. The predicted molar refractivity (Wildman–Crippen MR) is 134 cm³/mol. The fraction of sp³-hybridized carbons (Fsp3) is 0.385. The lowest BCUT2D eigenvalue weighted by atomic mass is 9.96. The zero-order valence-corrected chi connectivity index (χ0v) is 21.3. The fourth-order valence-electron chi connectivity index (χ4n) is 3.69. The van der Waals surface area contributed by atoms with Gasteiger partial charge >= 0.3 is 17.9 Å². The largest absolute Gasteiger partial charge is 0.496 e. The Morgan fingerprint density at radius 3 is 2.26 bits per heavy atom. The van der Waals surface area contributed by atoms with Crippen LogP contribution >= 0.6 is 0 Å². The number of carboxylic acids is 3. The summed E-state index contributed by atoms with van der Waals surface area (Å²) in [5.74, 6) is -2.15. The van der Waals surface area contributed by atoms with E-state index in [-0.39, 0.29) is 0 Å². The molecule has 4 N–H and O–H groups in total. The van der Waals surface area contributed by atoms with Crippen molar-refractivity contribution in [3.63, 3.8) is 0 Å². The van der Waals surface area contributed by atoms with Crippen molar-refractivity contribution in [3.05, 3.63) is 72.2 Å². The molecule has 12 heteroatoms. The molecule has 0 bridgehead atoms. The number of ether oxygens (including phenoxy) is 1. The number of hydrogen-bond donors (Lipinski definition) is 4. The number of aliphatic hydroxyl groups is 1. The zero-order chi connectivity index (χ0) is 28.1. The molecule has 1 aromatic carbocycles. The van der Waals surface area contributed by atoms with E-state index in [4.69, 9.17) is 29.6 Å². The summed E-state index contributed by atoms with van der Waals surface area (Å²) in [5.41, 5.74) is -1.55. The monoisotopic (exact) mass is 531 g/mol. The molecule has 0 radical (unpaired) electrons. The highest BCUT2D eigenvalue weighted by Gasteiger charge is 2.40. The molecule has 0 spiro atoms. The summed E-state index contributed by atoms with van der Waals surface area (Å²) in [6.45, 7) is 5.52. The standard InChI is InChI=1S/C20H25N3O2.C6H8O7/c1-17-8-9-19(25-17)15-23(12-5-11-22-13-10-21-16-22)14-18-6-3-4-7-20(18)24-2;7-3(8)1-6(13,5(11)12)2-4(9)10/h3-4,6-10,13,16H,5,11-12,14-15H2,1-2H3;13H,1-2H2,(H,7,8)(H,9,10)(H,11,12). The lowest BCUT2D eigenvalue weighted by Gasteiger charge is -2.22. The van der Waals surface area contributed by atoms with Crippen molar-refractivity contribution in [1.82, 2.24) is 14.5 Å². The number of carbonyl (C=O) groups is 3. The topological polar surface area (TPSA) is 176 Å². The van der Waals surface area contributed by atoms with E-state index >= 15 is 0 Å². The van der Waals surface area contributed by atoms with Crippen molar-refractivity contribution in [2.24, 2.45) is 0 Å². The number of para-hydroxylation sites is 1. The van der Waals surface area contributed by atoms with E-state index in [0.29, 0.717) is 0 Å². The van der Waals surface area contributed by atoms with E-state index < -0.39 is 36.4 Å². The van der Waals surface area contributed by atoms with Crippen LogP contribution in [0.4, 0.5) is 0 Å². The molecule has 0 fully saturated rings. The third-order valence-corrected chi connectivity index (χ3v) is 5.50. The molecule has 206 valence electrons. The van der Waals surface area contributed by atoms with Crippen molar-refractivity contribution in [2.45, 2.75) is 51.4 Å². The predicted octanol–water partition coefficient (Wildman–Crippen LogP) is 2.64. The third kappa shape index (κ3) is 10.1. The fourth-order valence-corrected chi connectivity index (χ4v) is 3.69. The number of benzene rings is 1. The smallest absolute Gasteiger partial charge is 0.336 e. The SMILES string of the molecule is COc1ccccc1CN(CCCn1ccnc1)Cc1ccc(C)o1.O=C(O)CC(O)(CC(=O)O)C(=O)O. The van der Waals surface area contributed by atoms with Crippen molar-refractivity contribution in [1.29, 1.82) is 0 Å². The highest BCUT2D eigenvalue weighted by molar-refractivity contribution is 5.88. The molecule has 0 unspecified atom stereocenters. The normalized spacial score (nSPS) is 11.1. The number of methoxy groups -OCH3 is 1. The second kappa shape index (κ2) is 14.5. The molecule has 3 rings (SSSR count). The van der Waals surface area contributed by atoms with Crippen LogP contribution in [-0.2, 0) is 34.0 Å². The molecule has 0 aliphatic carbocycles. The van der Waals surface area contributed by atoms with Crippen LogP contribution in [0.2, 0.25) is 0 Å². The Hall–Kier alpha value is -4.16. The molecule has 0 atom stereocenters. The van der Waals surface area contributed by atoms with E-state index in [1.54, 1.807) is 7.11 Å². The van der Waals surface area contributed by atoms with Gasteiger partial charge in [-0.3, -0.25) is 14.5 Å². The molecule has 2 heterocycles. The van der Waals surface area contributed by atoms with Gasteiger partial charge in [0.15, 0.2) is 5.60 Å². The first kappa shape index (κ1) is 30.1. The van der Waals surface area contributed by atoms with Gasteiger partial charge in [0.1, 0.15) is 17.3 Å². The van der Waals surface area contributed by atoms with Gasteiger partial charge in [-0.15, -0.1) is 0 Å². The van der Waals surface area contributed by atoms with E-state index in [2.05, 4.69) is 32.7 Å². The number of rotatable bonds is 14. The van der Waals surface area contributed by atoms with Crippen LogP contribution in [0.15, 0.2) is 59.5 Å². The first-order valence-electron chi connectivity index (χ1n) is 11.8. The van der Waals surface area contributed by atoms with Gasteiger partial charge in [0.25, 0.3) is 0 Å². The van der Waals surface area contributed by atoms with Crippen molar-refractivity contribution < 1.29 is 44.0 Å². The highest BCUT2D eigenvalue weighted by atomic mass is 16.5. The lowest BCUT2D eigenvalue weighted by Crippen LogP contribution is -2.42. The summed E-state index contributed by atoms with van der Waals surface area (Å²) in [7, 11) is 1.72. The first-order valence-corrected chi connectivity index (χ1v) is 11.8. The average Bonchev–Trinajstić information content (AvgIpc) is 3.50. The molecule has 2 aromatic heterocycles. The lowest BCUT2D eigenvalue weighted by molar-refractivity contribution is -0.170. The van der Waals surface area contributed by atoms with Crippen molar-refractivity contribution >= 4 is 17.9 Å². The Morgan fingerprint density at radius 1 is 1.05 bits per heavy atom. The van der Waals surface area contributed by atoms with Crippen LogP contribution in [-0.4, -0.2) is 72.0 Å². The van der Waals surface area contributed by atoms with Crippen molar-refractivity contribution in [3.8, 4) is 5.75 Å². The van der Waals surface area contributed by atoms with Gasteiger partial charge < -0.3 is 34.1 Å². The van der Waals surface area contributed by atoms with Crippen LogP contribution in [0, 0.1) is 6.92 Å². The number of aromatic nitrogens is 2. The minimum Gasteiger partial charge on any atom is -0.496 e. The van der Waals surface area contributed by atoms with E-state index in [1.165, 1.54) is 5.56 Å². The maximum absolute atomic E-state index is 10.3. The Balaban J connectivity index is 0.000000332. The molecular formula is C26H33N3O9.